The molecule has 0 bridgehead atoms. The minimum absolute atomic E-state index is 0.652. The highest BCUT2D eigenvalue weighted by atomic mass is 32.7. The van der Waals surface area contributed by atoms with E-state index in [1.807, 2.05) is 0 Å². The molecule has 0 spiro atoms. The minimum atomic E-state index is -2.92. The number of hydrogen-bond acceptors (Lipinski definition) is 4. The molecular formula is C12H23O3PS. The number of allylic oxidation sites excluding steroid dienone is 3. The Labute approximate surface area is 109 Å². The Balaban J connectivity index is 4.00. The minimum Gasteiger partial charge on any atom is -0.304 e. The molecule has 17 heavy (non-hydrogen) atoms. The average Bonchev–Trinajstić information content (AvgIpc) is 2.28. The molecule has 0 aromatic carbocycles. The first kappa shape index (κ1) is 17.0. The molecule has 0 aliphatic heterocycles. The van der Waals surface area contributed by atoms with Crippen molar-refractivity contribution in [2.75, 3.05) is 20.0 Å². The van der Waals surface area contributed by atoms with Crippen LogP contribution >= 0.6 is 18.2 Å². The van der Waals surface area contributed by atoms with E-state index in [0.29, 0.717) is 5.75 Å². The molecule has 0 radical (unpaired) electrons. The molecule has 0 amide bonds. The van der Waals surface area contributed by atoms with Gasteiger partial charge in [-0.3, -0.25) is 0 Å². The molecule has 0 rings (SSSR count). The molecule has 5 heteroatoms. The Morgan fingerprint density at radius 2 is 1.76 bits per heavy atom. The molecule has 0 aliphatic rings. The zero-order valence-electron chi connectivity index (χ0n) is 11.4. The lowest BCUT2D eigenvalue weighted by molar-refractivity contribution is 0.295. The van der Waals surface area contributed by atoms with Crippen LogP contribution in [0.15, 0.2) is 23.3 Å². The lowest BCUT2D eigenvalue weighted by atomic mass is 10.1. The summed E-state index contributed by atoms with van der Waals surface area (Å²) in [6, 6.07) is 0. The van der Waals surface area contributed by atoms with E-state index in [1.54, 1.807) is 0 Å². The SMILES string of the molecule is COP(=O)(OC)SC/C=C(\C)CCC=C(C)C. The van der Waals surface area contributed by atoms with E-state index in [0.717, 1.165) is 12.8 Å². The molecular weight excluding hydrogens is 255 g/mol. The quantitative estimate of drug-likeness (QED) is 0.471. The number of hydrogen-bond donors (Lipinski definition) is 0. The fourth-order valence-corrected chi connectivity index (χ4v) is 3.45. The summed E-state index contributed by atoms with van der Waals surface area (Å²) in [7, 11) is 2.81. The maximum absolute atomic E-state index is 11.7. The van der Waals surface area contributed by atoms with Gasteiger partial charge < -0.3 is 9.05 Å². The Hall–Kier alpha value is -0.0200. The van der Waals surface area contributed by atoms with E-state index < -0.39 is 6.80 Å². The van der Waals surface area contributed by atoms with Crippen molar-refractivity contribution < 1.29 is 13.6 Å². The van der Waals surface area contributed by atoms with Crippen LogP contribution in [0.4, 0.5) is 0 Å². The third-order valence-corrected chi connectivity index (χ3v) is 6.02. The second-order valence-corrected chi connectivity index (χ2v) is 8.31. The van der Waals surface area contributed by atoms with Crippen molar-refractivity contribution in [1.29, 1.82) is 0 Å². The van der Waals surface area contributed by atoms with E-state index in [2.05, 4.69) is 32.9 Å². The largest absolute Gasteiger partial charge is 0.388 e. The van der Waals surface area contributed by atoms with E-state index in [1.165, 1.54) is 36.7 Å². The lowest BCUT2D eigenvalue weighted by Gasteiger charge is -2.11. The Bertz CT molecular complexity index is 312. The van der Waals surface area contributed by atoms with Gasteiger partial charge in [0, 0.05) is 20.0 Å². The molecule has 0 aromatic rings. The van der Waals surface area contributed by atoms with Gasteiger partial charge in [-0.1, -0.05) is 23.3 Å². The summed E-state index contributed by atoms with van der Waals surface area (Å²) >= 11 is 1.21. The van der Waals surface area contributed by atoms with E-state index >= 15 is 0 Å². The third-order valence-electron chi connectivity index (χ3n) is 2.20. The second kappa shape index (κ2) is 8.98. The topological polar surface area (TPSA) is 35.5 Å². The van der Waals surface area contributed by atoms with Crippen LogP contribution < -0.4 is 0 Å². The average molecular weight is 278 g/mol. The van der Waals surface area contributed by atoms with Gasteiger partial charge in [0.2, 0.25) is 0 Å². The summed E-state index contributed by atoms with van der Waals surface area (Å²) in [6.07, 6.45) is 6.39. The van der Waals surface area contributed by atoms with Crippen LogP contribution in [0.2, 0.25) is 0 Å². The van der Waals surface area contributed by atoms with E-state index in [9.17, 15) is 4.57 Å². The molecule has 0 fully saturated rings. The number of rotatable bonds is 8. The molecule has 0 saturated heterocycles. The summed E-state index contributed by atoms with van der Waals surface area (Å²) in [4.78, 5) is 0. The van der Waals surface area contributed by atoms with Crippen molar-refractivity contribution in [3.8, 4) is 0 Å². The van der Waals surface area contributed by atoms with Crippen LogP contribution in [0.5, 0.6) is 0 Å². The molecule has 3 nitrogen and oxygen atoms in total. The van der Waals surface area contributed by atoms with Gasteiger partial charge in [0.1, 0.15) is 0 Å². The highest BCUT2D eigenvalue weighted by Crippen LogP contribution is 2.59. The molecule has 100 valence electrons. The fourth-order valence-electron chi connectivity index (χ4n) is 1.14. The van der Waals surface area contributed by atoms with Crippen molar-refractivity contribution in [3.63, 3.8) is 0 Å². The highest BCUT2D eigenvalue weighted by molar-refractivity contribution is 8.55. The summed E-state index contributed by atoms with van der Waals surface area (Å²) < 4.78 is 21.4. The Morgan fingerprint density at radius 3 is 2.24 bits per heavy atom. The van der Waals surface area contributed by atoms with Gasteiger partial charge in [-0.25, -0.2) is 4.57 Å². The van der Waals surface area contributed by atoms with Crippen molar-refractivity contribution in [2.24, 2.45) is 0 Å². The van der Waals surface area contributed by atoms with Gasteiger partial charge in [-0.2, -0.15) is 0 Å². The monoisotopic (exact) mass is 278 g/mol. The van der Waals surface area contributed by atoms with Crippen molar-refractivity contribution >= 4 is 18.2 Å². The van der Waals surface area contributed by atoms with Crippen molar-refractivity contribution in [3.05, 3.63) is 23.3 Å². The zero-order valence-corrected chi connectivity index (χ0v) is 13.1. The molecule has 0 N–H and O–H groups in total. The van der Waals surface area contributed by atoms with Crippen LogP contribution in [0.3, 0.4) is 0 Å². The van der Waals surface area contributed by atoms with Crippen LogP contribution in [0.25, 0.3) is 0 Å². The first-order chi connectivity index (χ1) is 7.93. The first-order valence-corrected chi connectivity index (χ1v) is 8.72. The van der Waals surface area contributed by atoms with Gasteiger partial charge in [0.15, 0.2) is 0 Å². The first-order valence-electron chi connectivity index (χ1n) is 5.58. The molecule has 0 heterocycles. The zero-order chi connectivity index (χ0) is 13.3. The summed E-state index contributed by atoms with van der Waals surface area (Å²) in [5.74, 6) is 0.652. The van der Waals surface area contributed by atoms with Crippen molar-refractivity contribution in [1.82, 2.24) is 0 Å². The predicted octanol–water partition coefficient (Wildman–Crippen LogP) is 4.81. The lowest BCUT2D eigenvalue weighted by Crippen LogP contribution is -1.85. The molecule has 0 atom stereocenters. The maximum Gasteiger partial charge on any atom is 0.388 e. The molecule has 0 saturated carbocycles. The molecule has 0 aliphatic carbocycles. The van der Waals surface area contributed by atoms with Crippen LogP contribution in [-0.2, 0) is 13.6 Å². The van der Waals surface area contributed by atoms with Gasteiger partial charge in [-0.05, 0) is 45.0 Å². The third kappa shape index (κ3) is 8.67. The Morgan fingerprint density at radius 1 is 1.18 bits per heavy atom. The fraction of sp³-hybridized carbons (Fsp3) is 0.667. The standard InChI is InChI=1S/C12H23O3PS/c1-11(2)7-6-8-12(3)9-10-17-16(13,14-4)15-5/h7,9H,6,8,10H2,1-5H3/b12-9+. The molecule has 0 aromatic heterocycles. The smallest absolute Gasteiger partial charge is 0.304 e. The highest BCUT2D eigenvalue weighted by Gasteiger charge is 2.20. The maximum atomic E-state index is 11.7. The van der Waals surface area contributed by atoms with Crippen molar-refractivity contribution in [2.45, 2.75) is 33.6 Å². The van der Waals surface area contributed by atoms with Crippen LogP contribution in [0.1, 0.15) is 33.6 Å². The second-order valence-electron chi connectivity index (χ2n) is 3.98. The van der Waals surface area contributed by atoms with E-state index in [4.69, 9.17) is 9.05 Å². The summed E-state index contributed by atoms with van der Waals surface area (Å²) in [5.41, 5.74) is 2.64. The van der Waals surface area contributed by atoms with Gasteiger partial charge >= 0.3 is 6.80 Å². The molecule has 0 unspecified atom stereocenters. The predicted molar refractivity (Wildman–Crippen MR) is 76.5 cm³/mol. The van der Waals surface area contributed by atoms with Gasteiger partial charge in [0.05, 0.1) is 0 Å². The summed E-state index contributed by atoms with van der Waals surface area (Å²) in [5, 5.41) is 0. The van der Waals surface area contributed by atoms with Crippen LogP contribution in [0, 0.1) is 0 Å². The van der Waals surface area contributed by atoms with Gasteiger partial charge in [-0.15, -0.1) is 0 Å². The normalized spacial score (nSPS) is 12.6. The Kier molecular flexibility index (Phi) is 8.97. The van der Waals surface area contributed by atoms with Gasteiger partial charge in [0.25, 0.3) is 0 Å². The van der Waals surface area contributed by atoms with E-state index in [-0.39, 0.29) is 0 Å². The van der Waals surface area contributed by atoms with Crippen LogP contribution in [-0.4, -0.2) is 20.0 Å². The summed E-state index contributed by atoms with van der Waals surface area (Å²) in [6.45, 7) is 3.37.